The maximum atomic E-state index is 13.4. The van der Waals surface area contributed by atoms with E-state index >= 15 is 0 Å². The first-order chi connectivity index (χ1) is 8.65. The highest BCUT2D eigenvalue weighted by molar-refractivity contribution is 5.89. The molecule has 4 heteroatoms. The van der Waals surface area contributed by atoms with Crippen molar-refractivity contribution in [3.8, 4) is 0 Å². The Morgan fingerprint density at radius 3 is 2.78 bits per heavy atom. The molecule has 0 aliphatic heterocycles. The van der Waals surface area contributed by atoms with Gasteiger partial charge in [-0.25, -0.2) is 9.18 Å². The summed E-state index contributed by atoms with van der Waals surface area (Å²) in [5, 5.41) is 0. The molecule has 1 aromatic rings. The van der Waals surface area contributed by atoms with Gasteiger partial charge >= 0.3 is 5.97 Å². The van der Waals surface area contributed by atoms with E-state index in [-0.39, 0.29) is 12.2 Å². The fourth-order valence-corrected chi connectivity index (χ4v) is 1.42. The summed E-state index contributed by atoms with van der Waals surface area (Å²) in [5.41, 5.74) is 0.797. The van der Waals surface area contributed by atoms with Gasteiger partial charge in [0.1, 0.15) is 12.4 Å². The van der Waals surface area contributed by atoms with Gasteiger partial charge in [-0.15, -0.1) is 0 Å². The standard InChI is InChI=1S/C14H19FO3/c1-3-4-7-17-8-9-18-14(16)12-10-11(2)5-6-13(12)15/h5-6,10H,3-4,7-9H2,1-2H3. The minimum atomic E-state index is -0.643. The van der Waals surface area contributed by atoms with Gasteiger partial charge in [-0.05, 0) is 25.5 Å². The first-order valence-corrected chi connectivity index (χ1v) is 6.16. The molecule has 0 radical (unpaired) electrons. The lowest BCUT2D eigenvalue weighted by Gasteiger charge is -2.07. The van der Waals surface area contributed by atoms with Crippen molar-refractivity contribution in [3.05, 3.63) is 35.1 Å². The number of carbonyl (C=O) groups is 1. The molecule has 18 heavy (non-hydrogen) atoms. The van der Waals surface area contributed by atoms with Crippen molar-refractivity contribution in [3.63, 3.8) is 0 Å². The zero-order chi connectivity index (χ0) is 13.4. The number of hydrogen-bond acceptors (Lipinski definition) is 3. The molecular formula is C14H19FO3. The molecule has 0 aliphatic carbocycles. The highest BCUT2D eigenvalue weighted by Crippen LogP contribution is 2.11. The summed E-state index contributed by atoms with van der Waals surface area (Å²) in [6.45, 7) is 5.02. The third kappa shape index (κ3) is 4.84. The summed E-state index contributed by atoms with van der Waals surface area (Å²) in [7, 11) is 0. The predicted octanol–water partition coefficient (Wildman–Crippen LogP) is 3.11. The van der Waals surface area contributed by atoms with E-state index in [9.17, 15) is 9.18 Å². The van der Waals surface area contributed by atoms with Crippen LogP contribution in [0.4, 0.5) is 4.39 Å². The lowest BCUT2D eigenvalue weighted by atomic mass is 10.1. The number of benzene rings is 1. The number of unbranched alkanes of at least 4 members (excludes halogenated alkanes) is 1. The van der Waals surface area contributed by atoms with Crippen molar-refractivity contribution in [1.82, 2.24) is 0 Å². The van der Waals surface area contributed by atoms with Crippen LogP contribution in [0.5, 0.6) is 0 Å². The predicted molar refractivity (Wildman–Crippen MR) is 67.1 cm³/mol. The summed E-state index contributed by atoms with van der Waals surface area (Å²) >= 11 is 0. The SMILES string of the molecule is CCCCOCCOC(=O)c1cc(C)ccc1F. The minimum absolute atomic E-state index is 0.0245. The van der Waals surface area contributed by atoms with Gasteiger partial charge in [0.2, 0.25) is 0 Å². The summed E-state index contributed by atoms with van der Waals surface area (Å²) in [5.74, 6) is -1.20. The van der Waals surface area contributed by atoms with E-state index in [1.54, 1.807) is 13.0 Å². The third-order valence-electron chi connectivity index (χ3n) is 2.44. The van der Waals surface area contributed by atoms with Crippen LogP contribution in [0.2, 0.25) is 0 Å². The molecule has 0 bridgehead atoms. The van der Waals surface area contributed by atoms with Crippen molar-refractivity contribution in [2.75, 3.05) is 19.8 Å². The largest absolute Gasteiger partial charge is 0.460 e. The maximum Gasteiger partial charge on any atom is 0.341 e. The summed E-state index contributed by atoms with van der Waals surface area (Å²) < 4.78 is 23.5. The van der Waals surface area contributed by atoms with Crippen LogP contribution in [0, 0.1) is 12.7 Å². The molecule has 0 saturated carbocycles. The highest BCUT2D eigenvalue weighted by atomic mass is 19.1. The van der Waals surface area contributed by atoms with Gasteiger partial charge in [0, 0.05) is 6.61 Å². The Kier molecular flexibility index (Phi) is 6.36. The second-order valence-electron chi connectivity index (χ2n) is 4.09. The molecular weight excluding hydrogens is 235 g/mol. The van der Waals surface area contributed by atoms with Crippen LogP contribution in [0.1, 0.15) is 35.7 Å². The molecule has 0 atom stereocenters. The average molecular weight is 254 g/mol. The van der Waals surface area contributed by atoms with E-state index in [1.807, 2.05) is 0 Å². The number of carbonyl (C=O) groups excluding carboxylic acids is 1. The molecule has 0 heterocycles. The van der Waals surface area contributed by atoms with Crippen molar-refractivity contribution in [2.45, 2.75) is 26.7 Å². The molecule has 1 aromatic carbocycles. The fourth-order valence-electron chi connectivity index (χ4n) is 1.42. The monoisotopic (exact) mass is 254 g/mol. The highest BCUT2D eigenvalue weighted by Gasteiger charge is 2.12. The van der Waals surface area contributed by atoms with Crippen molar-refractivity contribution in [1.29, 1.82) is 0 Å². The number of rotatable bonds is 7. The van der Waals surface area contributed by atoms with E-state index in [4.69, 9.17) is 9.47 Å². The Balaban J connectivity index is 2.34. The van der Waals surface area contributed by atoms with Crippen LogP contribution in [0.3, 0.4) is 0 Å². The Bertz CT molecular complexity index is 391. The van der Waals surface area contributed by atoms with E-state index in [0.717, 1.165) is 18.4 Å². The number of ether oxygens (including phenoxy) is 2. The third-order valence-corrected chi connectivity index (χ3v) is 2.44. The maximum absolute atomic E-state index is 13.4. The Labute approximate surface area is 107 Å². The van der Waals surface area contributed by atoms with Crippen LogP contribution in [0.15, 0.2) is 18.2 Å². The average Bonchev–Trinajstić information content (AvgIpc) is 2.36. The van der Waals surface area contributed by atoms with Crippen LogP contribution in [0.25, 0.3) is 0 Å². The van der Waals surface area contributed by atoms with E-state index in [0.29, 0.717) is 13.2 Å². The molecule has 3 nitrogen and oxygen atoms in total. The van der Waals surface area contributed by atoms with Gasteiger partial charge in [-0.1, -0.05) is 25.0 Å². The van der Waals surface area contributed by atoms with Crippen molar-refractivity contribution < 1.29 is 18.7 Å². The van der Waals surface area contributed by atoms with Crippen LogP contribution >= 0.6 is 0 Å². The number of esters is 1. The molecule has 0 aliphatic rings. The van der Waals surface area contributed by atoms with Gasteiger partial charge in [0.25, 0.3) is 0 Å². The first-order valence-electron chi connectivity index (χ1n) is 6.16. The first kappa shape index (κ1) is 14.6. The summed E-state index contributed by atoms with van der Waals surface area (Å²) in [6.07, 6.45) is 2.05. The molecule has 0 spiro atoms. The normalized spacial score (nSPS) is 10.4. The lowest BCUT2D eigenvalue weighted by Crippen LogP contribution is -2.12. The Morgan fingerprint density at radius 1 is 1.28 bits per heavy atom. The van der Waals surface area contributed by atoms with E-state index in [1.165, 1.54) is 12.1 Å². The van der Waals surface area contributed by atoms with Crippen LogP contribution in [-0.4, -0.2) is 25.8 Å². The van der Waals surface area contributed by atoms with Gasteiger partial charge in [0.15, 0.2) is 0 Å². The molecule has 0 fully saturated rings. The van der Waals surface area contributed by atoms with Gasteiger partial charge in [0.05, 0.1) is 12.2 Å². The zero-order valence-corrected chi connectivity index (χ0v) is 10.9. The molecule has 1 rings (SSSR count). The molecule has 100 valence electrons. The lowest BCUT2D eigenvalue weighted by molar-refractivity contribution is 0.0309. The zero-order valence-electron chi connectivity index (χ0n) is 10.9. The summed E-state index contributed by atoms with van der Waals surface area (Å²) in [4.78, 5) is 11.6. The number of hydrogen-bond donors (Lipinski definition) is 0. The molecule has 0 N–H and O–H groups in total. The van der Waals surface area contributed by atoms with E-state index in [2.05, 4.69) is 6.92 Å². The molecule has 0 saturated heterocycles. The quantitative estimate of drug-likeness (QED) is 0.554. The molecule has 0 aromatic heterocycles. The van der Waals surface area contributed by atoms with Gasteiger partial charge in [-0.3, -0.25) is 0 Å². The molecule has 0 amide bonds. The second kappa shape index (κ2) is 7.82. The molecule has 0 unspecified atom stereocenters. The smallest absolute Gasteiger partial charge is 0.341 e. The van der Waals surface area contributed by atoms with Crippen molar-refractivity contribution in [2.24, 2.45) is 0 Å². The minimum Gasteiger partial charge on any atom is -0.460 e. The van der Waals surface area contributed by atoms with Crippen molar-refractivity contribution >= 4 is 5.97 Å². The second-order valence-corrected chi connectivity index (χ2v) is 4.09. The Hall–Kier alpha value is -1.42. The number of halogens is 1. The Morgan fingerprint density at radius 2 is 2.06 bits per heavy atom. The summed E-state index contributed by atoms with van der Waals surface area (Å²) in [6, 6.07) is 4.36. The number of aryl methyl sites for hydroxylation is 1. The van der Waals surface area contributed by atoms with E-state index < -0.39 is 11.8 Å². The van der Waals surface area contributed by atoms with Gasteiger partial charge < -0.3 is 9.47 Å². The van der Waals surface area contributed by atoms with Gasteiger partial charge in [-0.2, -0.15) is 0 Å². The van der Waals surface area contributed by atoms with Crippen LogP contribution in [-0.2, 0) is 9.47 Å². The fraction of sp³-hybridized carbons (Fsp3) is 0.500. The topological polar surface area (TPSA) is 35.5 Å². The van der Waals surface area contributed by atoms with Crippen LogP contribution < -0.4 is 0 Å².